The Hall–Kier alpha value is -0.260. The van der Waals surface area contributed by atoms with E-state index in [-0.39, 0.29) is 4.90 Å². The van der Waals surface area contributed by atoms with Gasteiger partial charge >= 0.3 is 0 Å². The third-order valence-electron chi connectivity index (χ3n) is 1.77. The Bertz CT molecular complexity index is 456. The van der Waals surface area contributed by atoms with Gasteiger partial charge in [-0.2, -0.15) is 0 Å². The van der Waals surface area contributed by atoms with Crippen LogP contribution < -0.4 is 4.74 Å². The molecular formula is C8H8BrClO3S. The molecule has 0 aliphatic heterocycles. The van der Waals surface area contributed by atoms with Gasteiger partial charge in [-0.1, -0.05) is 0 Å². The fourth-order valence-corrected chi connectivity index (χ4v) is 2.94. The molecule has 0 saturated heterocycles. The Morgan fingerprint density at radius 3 is 2.43 bits per heavy atom. The lowest BCUT2D eigenvalue weighted by Crippen LogP contribution is -1.98. The standard InChI is InChI=1S/C8H8BrClO3S/c1-5-7(14(10,11)12)4-3-6(9)8(5)13-2/h3-4H,1-2H3. The van der Waals surface area contributed by atoms with E-state index in [0.717, 1.165) is 0 Å². The molecule has 0 bridgehead atoms. The average molecular weight is 300 g/mol. The number of hydrogen-bond acceptors (Lipinski definition) is 3. The van der Waals surface area contributed by atoms with Crippen LogP contribution in [0.3, 0.4) is 0 Å². The molecule has 1 rings (SSSR count). The van der Waals surface area contributed by atoms with Crippen molar-refractivity contribution >= 4 is 35.7 Å². The predicted octanol–water partition coefficient (Wildman–Crippen LogP) is 2.69. The van der Waals surface area contributed by atoms with Gasteiger partial charge in [-0.3, -0.25) is 0 Å². The number of ether oxygens (including phenoxy) is 1. The first-order valence-corrected chi connectivity index (χ1v) is 6.76. The van der Waals surface area contributed by atoms with Crippen molar-refractivity contribution in [2.45, 2.75) is 11.8 Å². The monoisotopic (exact) mass is 298 g/mol. The van der Waals surface area contributed by atoms with Gasteiger partial charge in [-0.05, 0) is 35.0 Å². The van der Waals surface area contributed by atoms with Gasteiger partial charge in [-0.25, -0.2) is 8.42 Å². The maximum Gasteiger partial charge on any atom is 0.261 e. The summed E-state index contributed by atoms with van der Waals surface area (Å²) in [7, 11) is 3.00. The summed E-state index contributed by atoms with van der Waals surface area (Å²) in [6, 6.07) is 3.02. The van der Waals surface area contributed by atoms with Crippen molar-refractivity contribution in [1.29, 1.82) is 0 Å². The quantitative estimate of drug-likeness (QED) is 0.789. The smallest absolute Gasteiger partial charge is 0.261 e. The van der Waals surface area contributed by atoms with Crippen LogP contribution in [-0.4, -0.2) is 15.5 Å². The van der Waals surface area contributed by atoms with Crippen LogP contribution in [0, 0.1) is 6.92 Å². The van der Waals surface area contributed by atoms with E-state index in [9.17, 15) is 8.42 Å². The summed E-state index contributed by atoms with van der Waals surface area (Å²) in [5.74, 6) is 0.478. The topological polar surface area (TPSA) is 43.4 Å². The highest BCUT2D eigenvalue weighted by Gasteiger charge is 2.17. The van der Waals surface area contributed by atoms with Gasteiger partial charge in [0, 0.05) is 16.2 Å². The van der Waals surface area contributed by atoms with Crippen molar-refractivity contribution in [1.82, 2.24) is 0 Å². The molecule has 1 aromatic rings. The zero-order valence-corrected chi connectivity index (χ0v) is 10.7. The van der Waals surface area contributed by atoms with E-state index in [1.165, 1.54) is 13.2 Å². The summed E-state index contributed by atoms with van der Waals surface area (Å²) in [6.45, 7) is 1.64. The van der Waals surface area contributed by atoms with E-state index in [1.54, 1.807) is 13.0 Å². The van der Waals surface area contributed by atoms with Gasteiger partial charge in [0.05, 0.1) is 16.5 Å². The number of rotatable bonds is 2. The van der Waals surface area contributed by atoms with Crippen LogP contribution in [0.2, 0.25) is 0 Å². The summed E-state index contributed by atoms with van der Waals surface area (Å²) in [6.07, 6.45) is 0. The van der Waals surface area contributed by atoms with Crippen LogP contribution in [0.4, 0.5) is 0 Å². The number of methoxy groups -OCH3 is 1. The molecule has 14 heavy (non-hydrogen) atoms. The van der Waals surface area contributed by atoms with Crippen molar-refractivity contribution in [3.63, 3.8) is 0 Å². The Morgan fingerprint density at radius 2 is 2.00 bits per heavy atom. The molecule has 0 radical (unpaired) electrons. The second-order valence-corrected chi connectivity index (χ2v) is 6.03. The van der Waals surface area contributed by atoms with E-state index in [2.05, 4.69) is 15.9 Å². The van der Waals surface area contributed by atoms with E-state index in [1.807, 2.05) is 0 Å². The third kappa shape index (κ3) is 2.21. The molecular weight excluding hydrogens is 292 g/mol. The lowest BCUT2D eigenvalue weighted by Gasteiger charge is -2.09. The minimum atomic E-state index is -3.71. The minimum absolute atomic E-state index is 0.0687. The molecule has 3 nitrogen and oxygen atoms in total. The summed E-state index contributed by atoms with van der Waals surface area (Å²) in [5.41, 5.74) is 0.497. The van der Waals surface area contributed by atoms with Crippen molar-refractivity contribution < 1.29 is 13.2 Å². The molecule has 0 fully saturated rings. The van der Waals surface area contributed by atoms with Crippen LogP contribution >= 0.6 is 26.6 Å². The molecule has 0 unspecified atom stereocenters. The second-order valence-electron chi connectivity index (χ2n) is 2.64. The normalized spacial score (nSPS) is 11.4. The van der Waals surface area contributed by atoms with E-state index >= 15 is 0 Å². The Kier molecular flexibility index (Phi) is 3.44. The summed E-state index contributed by atoms with van der Waals surface area (Å²) >= 11 is 3.25. The maximum atomic E-state index is 11.1. The van der Waals surface area contributed by atoms with Gasteiger partial charge in [-0.15, -0.1) is 0 Å². The molecule has 0 aliphatic carbocycles. The van der Waals surface area contributed by atoms with E-state index in [4.69, 9.17) is 15.4 Å². The SMILES string of the molecule is COc1c(Br)ccc(S(=O)(=O)Cl)c1C. The zero-order valence-electron chi connectivity index (χ0n) is 7.54. The van der Waals surface area contributed by atoms with Crippen LogP contribution in [0.5, 0.6) is 5.75 Å². The maximum absolute atomic E-state index is 11.1. The highest BCUT2D eigenvalue weighted by atomic mass is 79.9. The zero-order chi connectivity index (χ0) is 10.9. The fourth-order valence-electron chi connectivity index (χ4n) is 1.16. The molecule has 0 spiro atoms. The van der Waals surface area contributed by atoms with E-state index in [0.29, 0.717) is 15.8 Å². The average Bonchev–Trinajstić information content (AvgIpc) is 2.02. The number of hydrogen-bond donors (Lipinski definition) is 0. The lowest BCUT2D eigenvalue weighted by molar-refractivity contribution is 0.407. The third-order valence-corrected chi connectivity index (χ3v) is 3.87. The Balaban J connectivity index is 3.52. The molecule has 0 N–H and O–H groups in total. The highest BCUT2D eigenvalue weighted by Crippen LogP contribution is 2.33. The van der Waals surface area contributed by atoms with Crippen LogP contribution in [0.25, 0.3) is 0 Å². The van der Waals surface area contributed by atoms with Gasteiger partial charge in [0.25, 0.3) is 9.05 Å². The van der Waals surface area contributed by atoms with Crippen LogP contribution in [0.15, 0.2) is 21.5 Å². The van der Waals surface area contributed by atoms with Crippen molar-refractivity contribution in [2.75, 3.05) is 7.11 Å². The molecule has 0 aromatic heterocycles. The molecule has 1 aromatic carbocycles. The number of halogens is 2. The van der Waals surface area contributed by atoms with Gasteiger partial charge in [0.2, 0.25) is 0 Å². The molecule has 0 amide bonds. The molecule has 0 saturated carbocycles. The second kappa shape index (κ2) is 4.08. The van der Waals surface area contributed by atoms with Gasteiger partial charge in [0.1, 0.15) is 5.75 Å². The summed E-state index contributed by atoms with van der Waals surface area (Å²) in [4.78, 5) is 0.0687. The van der Waals surface area contributed by atoms with Crippen LogP contribution in [-0.2, 0) is 9.05 Å². The first-order chi connectivity index (χ1) is 6.38. The molecule has 0 atom stereocenters. The van der Waals surface area contributed by atoms with Crippen molar-refractivity contribution in [2.24, 2.45) is 0 Å². The largest absolute Gasteiger partial charge is 0.495 e. The minimum Gasteiger partial charge on any atom is -0.495 e. The lowest BCUT2D eigenvalue weighted by atomic mass is 10.2. The first kappa shape index (κ1) is 11.8. The van der Waals surface area contributed by atoms with Crippen molar-refractivity contribution in [3.05, 3.63) is 22.2 Å². The predicted molar refractivity (Wildman–Crippen MR) is 58.5 cm³/mol. The first-order valence-electron chi connectivity index (χ1n) is 3.65. The number of benzene rings is 1. The summed E-state index contributed by atoms with van der Waals surface area (Å²) in [5, 5.41) is 0. The van der Waals surface area contributed by atoms with Crippen LogP contribution in [0.1, 0.15) is 5.56 Å². The Morgan fingerprint density at radius 1 is 1.43 bits per heavy atom. The summed E-state index contributed by atoms with van der Waals surface area (Å²) < 4.78 is 28.0. The van der Waals surface area contributed by atoms with E-state index < -0.39 is 9.05 Å². The van der Waals surface area contributed by atoms with Crippen molar-refractivity contribution in [3.8, 4) is 5.75 Å². The highest BCUT2D eigenvalue weighted by molar-refractivity contribution is 9.10. The Labute approximate surface area is 95.6 Å². The van der Waals surface area contributed by atoms with Gasteiger partial charge in [0.15, 0.2) is 0 Å². The molecule has 0 heterocycles. The molecule has 0 aliphatic rings. The fraction of sp³-hybridized carbons (Fsp3) is 0.250. The molecule has 78 valence electrons. The molecule has 6 heteroatoms. The van der Waals surface area contributed by atoms with Gasteiger partial charge < -0.3 is 4.74 Å².